The molecule has 0 amide bonds. The van der Waals surface area contributed by atoms with Gasteiger partial charge < -0.3 is 18.1 Å². The zero-order valence-electron chi connectivity index (χ0n) is 9.61. The highest BCUT2D eigenvalue weighted by molar-refractivity contribution is 5.27. The largest absolute Gasteiger partial charge is 1.00 e. The summed E-state index contributed by atoms with van der Waals surface area (Å²) in [5.41, 5.74) is 7.09. The van der Waals surface area contributed by atoms with E-state index in [2.05, 4.69) is 0 Å². The molecule has 2 rings (SSSR count). The molecule has 0 radical (unpaired) electrons. The van der Waals surface area contributed by atoms with Crippen LogP contribution in [-0.2, 0) is 0 Å². The predicted molar refractivity (Wildman–Crippen MR) is 62.0 cm³/mol. The van der Waals surface area contributed by atoms with Gasteiger partial charge in [0, 0.05) is 17.8 Å². The molecule has 1 aliphatic rings. The topological polar surface area (TPSA) is 42.6 Å². The Balaban J connectivity index is 0.00000144. The first-order chi connectivity index (χ1) is 7.62. The number of alkyl halides is 1. The van der Waals surface area contributed by atoms with E-state index in [1.165, 1.54) is 6.08 Å². The molecule has 1 aromatic carbocycles. The lowest BCUT2D eigenvalue weighted by atomic mass is 9.89. The van der Waals surface area contributed by atoms with Gasteiger partial charge in [-0.15, -0.1) is 0 Å². The Morgan fingerprint density at radius 1 is 1.29 bits per heavy atom. The fraction of sp³-hybridized carbons (Fsp3) is 0.231. The highest BCUT2D eigenvalue weighted by Crippen LogP contribution is 2.28. The Labute approximate surface area is 107 Å². The highest BCUT2D eigenvalue weighted by Gasteiger charge is 2.39. The van der Waals surface area contributed by atoms with Crippen LogP contribution in [0.15, 0.2) is 54.4 Å². The van der Waals surface area contributed by atoms with Gasteiger partial charge in [0.05, 0.1) is 12.1 Å². The third-order valence-corrected chi connectivity index (χ3v) is 2.99. The second-order valence-electron chi connectivity index (χ2n) is 4.13. The molecule has 2 nitrogen and oxygen atoms in total. The molecule has 0 aliphatic carbocycles. The molecular formula is C13H16ClFN2. The second kappa shape index (κ2) is 5.34. The first-order valence-corrected chi connectivity index (χ1v) is 5.36. The molecule has 1 heterocycles. The van der Waals surface area contributed by atoms with Crippen LogP contribution >= 0.6 is 0 Å². The Bertz CT molecular complexity index is 430. The average Bonchev–Trinajstić information content (AvgIpc) is 2.29. The summed E-state index contributed by atoms with van der Waals surface area (Å²) in [5.74, 6) is -1.72. The number of halogens is 2. The molecule has 0 fully saturated rings. The summed E-state index contributed by atoms with van der Waals surface area (Å²) in [6, 6.07) is 9.63. The molecule has 2 unspecified atom stereocenters. The lowest BCUT2D eigenvalue weighted by molar-refractivity contribution is -0.691. The van der Waals surface area contributed by atoms with Gasteiger partial charge in [0.1, 0.15) is 0 Å². The molecule has 0 bridgehead atoms. The summed E-state index contributed by atoms with van der Waals surface area (Å²) in [7, 11) is 0. The quantitative estimate of drug-likeness (QED) is 0.613. The van der Waals surface area contributed by atoms with Crippen molar-refractivity contribution in [3.8, 4) is 0 Å². The number of allylic oxidation sites excluding steroid dienone is 1. The van der Waals surface area contributed by atoms with E-state index in [0.717, 1.165) is 5.56 Å². The molecule has 0 saturated heterocycles. The molecular weight excluding hydrogens is 239 g/mol. The molecule has 17 heavy (non-hydrogen) atoms. The van der Waals surface area contributed by atoms with Crippen LogP contribution in [0.25, 0.3) is 0 Å². The highest BCUT2D eigenvalue weighted by atomic mass is 35.5. The van der Waals surface area contributed by atoms with Crippen molar-refractivity contribution in [2.24, 2.45) is 5.73 Å². The molecule has 0 spiro atoms. The van der Waals surface area contributed by atoms with Crippen molar-refractivity contribution in [2.75, 3.05) is 0 Å². The van der Waals surface area contributed by atoms with E-state index in [-0.39, 0.29) is 18.3 Å². The number of hydrogen-bond donors (Lipinski definition) is 2. The van der Waals surface area contributed by atoms with E-state index in [0.29, 0.717) is 5.70 Å². The maximum Gasteiger partial charge on any atom is 0.271 e. The molecule has 1 aromatic rings. The van der Waals surface area contributed by atoms with Gasteiger partial charge >= 0.3 is 0 Å². The Morgan fingerprint density at radius 3 is 2.53 bits per heavy atom. The SMILES string of the molecule is CC(c1ccccc1)C1(F)C=C(N)C=C[NH2+]1.[Cl-]. The van der Waals surface area contributed by atoms with Gasteiger partial charge in [0.2, 0.25) is 0 Å². The van der Waals surface area contributed by atoms with Crippen molar-refractivity contribution in [1.29, 1.82) is 0 Å². The zero-order valence-corrected chi connectivity index (χ0v) is 10.4. The monoisotopic (exact) mass is 254 g/mol. The molecule has 4 heteroatoms. The van der Waals surface area contributed by atoms with Gasteiger partial charge in [-0.2, -0.15) is 4.39 Å². The number of hydrogen-bond acceptors (Lipinski definition) is 1. The minimum absolute atomic E-state index is 0. The van der Waals surface area contributed by atoms with Crippen LogP contribution in [0.1, 0.15) is 18.4 Å². The maximum absolute atomic E-state index is 14.6. The first-order valence-electron chi connectivity index (χ1n) is 5.36. The van der Waals surface area contributed by atoms with Crippen molar-refractivity contribution in [3.63, 3.8) is 0 Å². The summed E-state index contributed by atoms with van der Waals surface area (Å²) in [6.07, 6.45) is 4.86. The van der Waals surface area contributed by atoms with Crippen LogP contribution in [0.2, 0.25) is 0 Å². The van der Waals surface area contributed by atoms with Crippen LogP contribution in [0.3, 0.4) is 0 Å². The summed E-state index contributed by atoms with van der Waals surface area (Å²) in [4.78, 5) is 0. The summed E-state index contributed by atoms with van der Waals surface area (Å²) in [6.45, 7) is 1.87. The molecule has 0 saturated carbocycles. The van der Waals surface area contributed by atoms with Gasteiger partial charge in [-0.25, -0.2) is 0 Å². The van der Waals surface area contributed by atoms with E-state index in [9.17, 15) is 4.39 Å². The summed E-state index contributed by atoms with van der Waals surface area (Å²) in [5, 5.41) is 1.56. The van der Waals surface area contributed by atoms with Crippen molar-refractivity contribution in [3.05, 3.63) is 59.9 Å². The van der Waals surface area contributed by atoms with Gasteiger partial charge in [0.15, 0.2) is 0 Å². The average molecular weight is 255 g/mol. The molecule has 1 aliphatic heterocycles. The predicted octanol–water partition coefficient (Wildman–Crippen LogP) is -1.61. The normalized spacial score (nSPS) is 24.7. The fourth-order valence-corrected chi connectivity index (χ4v) is 1.92. The minimum atomic E-state index is -1.49. The number of rotatable bonds is 2. The third kappa shape index (κ3) is 2.87. The van der Waals surface area contributed by atoms with E-state index >= 15 is 0 Å². The van der Waals surface area contributed by atoms with Crippen LogP contribution in [0, 0.1) is 0 Å². The second-order valence-corrected chi connectivity index (χ2v) is 4.13. The smallest absolute Gasteiger partial charge is 0.271 e. The lowest BCUT2D eigenvalue weighted by Gasteiger charge is -2.27. The van der Waals surface area contributed by atoms with Crippen molar-refractivity contribution in [1.82, 2.24) is 0 Å². The van der Waals surface area contributed by atoms with Gasteiger partial charge in [-0.1, -0.05) is 30.3 Å². The van der Waals surface area contributed by atoms with E-state index < -0.39 is 5.79 Å². The fourth-order valence-electron chi connectivity index (χ4n) is 1.92. The van der Waals surface area contributed by atoms with Gasteiger partial charge in [0.25, 0.3) is 5.79 Å². The molecule has 92 valence electrons. The van der Waals surface area contributed by atoms with Crippen LogP contribution < -0.4 is 23.5 Å². The Hall–Kier alpha value is -1.32. The Morgan fingerprint density at radius 2 is 1.94 bits per heavy atom. The van der Waals surface area contributed by atoms with Crippen LogP contribution in [0.4, 0.5) is 4.39 Å². The zero-order chi connectivity index (χ0) is 11.6. The van der Waals surface area contributed by atoms with Crippen molar-refractivity contribution < 1.29 is 22.1 Å². The Kier molecular flexibility index (Phi) is 4.32. The summed E-state index contributed by atoms with van der Waals surface area (Å²) < 4.78 is 14.6. The third-order valence-electron chi connectivity index (χ3n) is 2.99. The van der Waals surface area contributed by atoms with Crippen molar-refractivity contribution >= 4 is 0 Å². The number of nitrogens with two attached hydrogens (primary N) is 2. The molecule has 0 aromatic heterocycles. The maximum atomic E-state index is 14.6. The standard InChI is InChI=1S/C13H15FN2.ClH/c1-10(11-5-3-2-4-6-11)13(14)9-12(15)7-8-16-13;/h2-10,16H,15H2,1H3;1H. The first kappa shape index (κ1) is 13.7. The van der Waals surface area contributed by atoms with Crippen LogP contribution in [-0.4, -0.2) is 5.79 Å². The van der Waals surface area contributed by atoms with Gasteiger partial charge in [-0.3, -0.25) is 5.32 Å². The summed E-state index contributed by atoms with van der Waals surface area (Å²) >= 11 is 0. The lowest BCUT2D eigenvalue weighted by Crippen LogP contribution is -3.00. The van der Waals surface area contributed by atoms with Gasteiger partial charge in [-0.05, 0) is 12.5 Å². The van der Waals surface area contributed by atoms with Crippen LogP contribution in [0.5, 0.6) is 0 Å². The van der Waals surface area contributed by atoms with E-state index in [1.807, 2.05) is 37.3 Å². The molecule has 2 atom stereocenters. The van der Waals surface area contributed by atoms with Crippen molar-refractivity contribution in [2.45, 2.75) is 18.6 Å². The number of quaternary nitrogens is 1. The number of benzene rings is 1. The minimum Gasteiger partial charge on any atom is -1.00 e. The molecule has 4 N–H and O–H groups in total. The van der Waals surface area contributed by atoms with E-state index in [1.54, 1.807) is 17.6 Å². The van der Waals surface area contributed by atoms with E-state index in [4.69, 9.17) is 5.73 Å².